The van der Waals surface area contributed by atoms with E-state index in [1.54, 1.807) is 10.7 Å². The molecule has 4 nitrogen and oxygen atoms in total. The Bertz CT molecular complexity index is 358. The van der Waals surface area contributed by atoms with E-state index in [9.17, 15) is 4.79 Å². The predicted molar refractivity (Wildman–Crippen MR) is 51.5 cm³/mol. The Balaban J connectivity index is 2.16. The van der Waals surface area contributed by atoms with Crippen LogP contribution in [0.4, 0.5) is 0 Å². The van der Waals surface area contributed by atoms with Gasteiger partial charge in [-0.1, -0.05) is 11.6 Å². The van der Waals surface area contributed by atoms with Gasteiger partial charge < -0.3 is 5.11 Å². The van der Waals surface area contributed by atoms with Crippen molar-refractivity contribution >= 4 is 17.6 Å². The molecule has 1 aliphatic carbocycles. The number of carboxylic acids is 1. The second-order valence-corrected chi connectivity index (χ2v) is 3.95. The van der Waals surface area contributed by atoms with Gasteiger partial charge in [-0.15, -0.1) is 0 Å². The predicted octanol–water partition coefficient (Wildman–Crippen LogP) is 1.89. The molecule has 1 N–H and O–H groups in total. The van der Waals surface area contributed by atoms with Crippen LogP contribution in [0, 0.1) is 0 Å². The highest BCUT2D eigenvalue weighted by Gasteiger charge is 2.23. The van der Waals surface area contributed by atoms with Crippen LogP contribution >= 0.6 is 11.6 Å². The van der Waals surface area contributed by atoms with Crippen LogP contribution in [0.2, 0.25) is 5.15 Å². The van der Waals surface area contributed by atoms with Crippen LogP contribution in [-0.4, -0.2) is 20.9 Å². The van der Waals surface area contributed by atoms with Crippen LogP contribution in [0.1, 0.15) is 31.0 Å². The lowest BCUT2D eigenvalue weighted by Gasteiger charge is -2.26. The van der Waals surface area contributed by atoms with Crippen molar-refractivity contribution in [3.05, 3.63) is 16.9 Å². The summed E-state index contributed by atoms with van der Waals surface area (Å²) in [5.74, 6) is -0.875. The molecule has 0 amide bonds. The number of rotatable bonds is 3. The van der Waals surface area contributed by atoms with Crippen LogP contribution in [0.15, 0.2) is 6.07 Å². The quantitative estimate of drug-likeness (QED) is 0.836. The second-order valence-electron chi connectivity index (χ2n) is 3.56. The molecule has 76 valence electrons. The Morgan fingerprint density at radius 2 is 2.43 bits per heavy atom. The summed E-state index contributed by atoms with van der Waals surface area (Å²) in [6, 6.07) is 2.01. The van der Waals surface area contributed by atoms with E-state index in [-0.39, 0.29) is 6.42 Å². The van der Waals surface area contributed by atoms with Crippen molar-refractivity contribution in [3.8, 4) is 0 Å². The van der Waals surface area contributed by atoms with Gasteiger partial charge in [0.25, 0.3) is 0 Å². The molecule has 0 spiro atoms. The fourth-order valence-electron chi connectivity index (χ4n) is 1.55. The molecule has 1 fully saturated rings. The summed E-state index contributed by atoms with van der Waals surface area (Å²) in [6.07, 6.45) is 3.33. The summed E-state index contributed by atoms with van der Waals surface area (Å²) in [4.78, 5) is 10.5. The Hall–Kier alpha value is -1.03. The van der Waals surface area contributed by atoms with Crippen LogP contribution in [-0.2, 0) is 11.2 Å². The molecule has 1 aromatic heterocycles. The van der Waals surface area contributed by atoms with E-state index in [0.29, 0.717) is 16.9 Å². The second kappa shape index (κ2) is 3.61. The zero-order chi connectivity index (χ0) is 10.1. The van der Waals surface area contributed by atoms with Crippen molar-refractivity contribution in [1.82, 2.24) is 9.78 Å². The molecule has 5 heteroatoms. The molecule has 1 heterocycles. The molecule has 0 aromatic carbocycles. The molecule has 2 rings (SSSR count). The lowest BCUT2D eigenvalue weighted by molar-refractivity contribution is -0.136. The van der Waals surface area contributed by atoms with Gasteiger partial charge in [0.1, 0.15) is 5.15 Å². The fourth-order valence-corrected chi connectivity index (χ4v) is 1.85. The third kappa shape index (κ3) is 1.75. The Kier molecular flexibility index (Phi) is 2.46. The summed E-state index contributed by atoms with van der Waals surface area (Å²) >= 11 is 5.94. The number of carbonyl (C=O) groups is 1. The van der Waals surface area contributed by atoms with E-state index >= 15 is 0 Å². The van der Waals surface area contributed by atoms with E-state index in [4.69, 9.17) is 16.7 Å². The Morgan fingerprint density at radius 3 is 2.93 bits per heavy atom. The topological polar surface area (TPSA) is 55.1 Å². The maximum Gasteiger partial charge on any atom is 0.309 e. The Labute approximate surface area is 86.5 Å². The molecule has 0 atom stereocenters. The lowest BCUT2D eigenvalue weighted by Crippen LogP contribution is -2.18. The minimum atomic E-state index is -0.875. The maximum absolute atomic E-state index is 10.5. The third-order valence-corrected chi connectivity index (χ3v) is 2.78. The van der Waals surface area contributed by atoms with Crippen molar-refractivity contribution in [2.24, 2.45) is 0 Å². The molecule has 0 aliphatic heterocycles. The van der Waals surface area contributed by atoms with Gasteiger partial charge >= 0.3 is 5.97 Å². The monoisotopic (exact) mass is 214 g/mol. The summed E-state index contributed by atoms with van der Waals surface area (Å²) in [7, 11) is 0. The van der Waals surface area contributed by atoms with Gasteiger partial charge in [-0.2, -0.15) is 5.10 Å². The van der Waals surface area contributed by atoms with Crippen molar-refractivity contribution in [2.45, 2.75) is 31.7 Å². The molecular weight excluding hydrogens is 204 g/mol. The first-order valence-electron chi connectivity index (χ1n) is 4.62. The van der Waals surface area contributed by atoms with Crippen molar-refractivity contribution in [1.29, 1.82) is 0 Å². The molecule has 0 unspecified atom stereocenters. The molecule has 0 bridgehead atoms. The van der Waals surface area contributed by atoms with Crippen LogP contribution in [0.25, 0.3) is 0 Å². The zero-order valence-electron chi connectivity index (χ0n) is 7.61. The standard InChI is InChI=1S/C9H11ClN2O2/c10-8-4-6(5-9(13)14)11-12(8)7-2-1-3-7/h4,7H,1-3,5H2,(H,13,14). The SMILES string of the molecule is O=C(O)Cc1cc(Cl)n(C2CCC2)n1. The summed E-state index contributed by atoms with van der Waals surface area (Å²) in [6.45, 7) is 0. The first-order valence-corrected chi connectivity index (χ1v) is 5.00. The fraction of sp³-hybridized carbons (Fsp3) is 0.556. The van der Waals surface area contributed by atoms with Crippen molar-refractivity contribution in [3.63, 3.8) is 0 Å². The number of hydrogen-bond acceptors (Lipinski definition) is 2. The Morgan fingerprint density at radius 1 is 1.71 bits per heavy atom. The van der Waals surface area contributed by atoms with Crippen LogP contribution in [0.5, 0.6) is 0 Å². The molecule has 14 heavy (non-hydrogen) atoms. The number of halogens is 1. The highest BCUT2D eigenvalue weighted by atomic mass is 35.5. The van der Waals surface area contributed by atoms with Gasteiger partial charge in [0.05, 0.1) is 18.2 Å². The van der Waals surface area contributed by atoms with Gasteiger partial charge in [0, 0.05) is 0 Å². The number of hydrogen-bond donors (Lipinski definition) is 1. The molecule has 1 aliphatic rings. The number of aromatic nitrogens is 2. The number of nitrogens with zero attached hydrogens (tertiary/aromatic N) is 2. The number of carboxylic acid groups (broad SMARTS) is 1. The van der Waals surface area contributed by atoms with Gasteiger partial charge in [-0.25, -0.2) is 0 Å². The largest absolute Gasteiger partial charge is 0.481 e. The van der Waals surface area contributed by atoms with Gasteiger partial charge in [0.2, 0.25) is 0 Å². The first kappa shape index (κ1) is 9.52. The molecule has 0 saturated heterocycles. The van der Waals surface area contributed by atoms with E-state index in [0.717, 1.165) is 12.8 Å². The van der Waals surface area contributed by atoms with E-state index in [1.165, 1.54) is 6.42 Å². The summed E-state index contributed by atoms with van der Waals surface area (Å²) in [5, 5.41) is 13.3. The van der Waals surface area contributed by atoms with Crippen LogP contribution < -0.4 is 0 Å². The maximum atomic E-state index is 10.5. The van der Waals surface area contributed by atoms with Gasteiger partial charge in [-0.3, -0.25) is 9.48 Å². The highest BCUT2D eigenvalue weighted by molar-refractivity contribution is 6.29. The molecular formula is C9H11ClN2O2. The normalized spacial score (nSPS) is 16.6. The average molecular weight is 215 g/mol. The third-order valence-electron chi connectivity index (χ3n) is 2.49. The average Bonchev–Trinajstić information content (AvgIpc) is 2.27. The van der Waals surface area contributed by atoms with Crippen molar-refractivity contribution < 1.29 is 9.90 Å². The van der Waals surface area contributed by atoms with Gasteiger partial charge in [-0.05, 0) is 25.3 Å². The first-order chi connectivity index (χ1) is 6.66. The van der Waals surface area contributed by atoms with E-state index in [2.05, 4.69) is 5.10 Å². The summed E-state index contributed by atoms with van der Waals surface area (Å²) in [5.41, 5.74) is 0.536. The van der Waals surface area contributed by atoms with Crippen LogP contribution in [0.3, 0.4) is 0 Å². The van der Waals surface area contributed by atoms with Crippen molar-refractivity contribution in [2.75, 3.05) is 0 Å². The highest BCUT2D eigenvalue weighted by Crippen LogP contribution is 2.33. The van der Waals surface area contributed by atoms with E-state index in [1.807, 2.05) is 0 Å². The molecule has 0 radical (unpaired) electrons. The minimum absolute atomic E-state index is 0.0561. The lowest BCUT2D eigenvalue weighted by atomic mass is 9.93. The minimum Gasteiger partial charge on any atom is -0.481 e. The smallest absolute Gasteiger partial charge is 0.309 e. The number of aliphatic carboxylic acids is 1. The molecule has 1 aromatic rings. The van der Waals surface area contributed by atoms with E-state index < -0.39 is 5.97 Å². The molecule has 1 saturated carbocycles. The summed E-state index contributed by atoms with van der Waals surface area (Å²) < 4.78 is 1.74. The zero-order valence-corrected chi connectivity index (χ0v) is 8.37. The van der Waals surface area contributed by atoms with Gasteiger partial charge in [0.15, 0.2) is 0 Å².